The SMILES string of the molecule is CCC1(O)C(=O)OCc2c1cc(I)n(CC#CCC[Si](C)(C)C)c2=O. The van der Waals surface area contributed by atoms with E-state index in [0.717, 1.165) is 12.5 Å². The Labute approximate surface area is 162 Å². The predicted octanol–water partition coefficient (Wildman–Crippen LogP) is 2.84. The smallest absolute Gasteiger partial charge is 0.343 e. The minimum absolute atomic E-state index is 0.102. The first-order valence-electron chi connectivity index (χ1n) is 8.38. The number of hydrogen-bond donors (Lipinski definition) is 1. The molecule has 0 bridgehead atoms. The summed E-state index contributed by atoms with van der Waals surface area (Å²) in [4.78, 5) is 24.7. The molecule has 0 saturated heterocycles. The Kier molecular flexibility index (Phi) is 6.17. The van der Waals surface area contributed by atoms with Crippen LogP contribution < -0.4 is 5.56 Å². The number of carbonyl (C=O) groups is 1. The highest BCUT2D eigenvalue weighted by molar-refractivity contribution is 14.1. The summed E-state index contributed by atoms with van der Waals surface area (Å²) in [5.74, 6) is 5.52. The zero-order chi connectivity index (χ0) is 18.8. The van der Waals surface area contributed by atoms with E-state index < -0.39 is 19.6 Å². The second-order valence-corrected chi connectivity index (χ2v) is 14.2. The standard InChI is InChI=1S/C18H24INO4Si/c1-5-18(23)14-11-15(19)20(9-7-6-8-10-25(2,3)4)16(21)13(14)12-24-17(18)22/h11,23H,5,8-10,12H2,1-4H3. The molecule has 1 atom stereocenters. The molecule has 5 nitrogen and oxygen atoms in total. The van der Waals surface area contributed by atoms with Crippen LogP contribution in [0.5, 0.6) is 0 Å². The van der Waals surface area contributed by atoms with E-state index in [2.05, 4.69) is 31.5 Å². The Bertz CT molecular complexity index is 800. The molecule has 2 rings (SSSR count). The highest BCUT2D eigenvalue weighted by Gasteiger charge is 2.44. The summed E-state index contributed by atoms with van der Waals surface area (Å²) in [7, 11) is -1.10. The van der Waals surface area contributed by atoms with Gasteiger partial charge in [-0.05, 0) is 41.1 Å². The zero-order valence-electron chi connectivity index (χ0n) is 15.1. The van der Waals surface area contributed by atoms with Crippen LogP contribution in [0.3, 0.4) is 0 Å². The van der Waals surface area contributed by atoms with E-state index in [0.29, 0.717) is 21.4 Å². The van der Waals surface area contributed by atoms with E-state index in [-0.39, 0.29) is 18.6 Å². The van der Waals surface area contributed by atoms with E-state index >= 15 is 0 Å². The van der Waals surface area contributed by atoms with Gasteiger partial charge in [-0.3, -0.25) is 9.36 Å². The summed E-state index contributed by atoms with van der Waals surface area (Å²) in [5.41, 5.74) is -1.29. The Morgan fingerprint density at radius 3 is 2.64 bits per heavy atom. The normalized spacial score (nSPS) is 19.7. The molecule has 7 heteroatoms. The van der Waals surface area contributed by atoms with Gasteiger partial charge in [-0.1, -0.05) is 32.5 Å². The number of fused-ring (bicyclic) bond motifs is 1. The molecular formula is C18H24INO4Si. The molecule has 0 fully saturated rings. The van der Waals surface area contributed by atoms with Crippen LogP contribution in [0.15, 0.2) is 10.9 Å². The summed E-state index contributed by atoms with van der Waals surface area (Å²) in [6.45, 7) is 8.81. The summed E-state index contributed by atoms with van der Waals surface area (Å²) in [6.07, 6.45) is 1.01. The number of nitrogens with zero attached hydrogens (tertiary/aromatic N) is 1. The van der Waals surface area contributed by atoms with Crippen molar-refractivity contribution in [1.82, 2.24) is 4.57 Å². The lowest BCUT2D eigenvalue weighted by Gasteiger charge is -2.31. The maximum absolute atomic E-state index is 12.8. The molecule has 1 aliphatic heterocycles. The highest BCUT2D eigenvalue weighted by Crippen LogP contribution is 2.33. The van der Waals surface area contributed by atoms with Crippen LogP contribution in [-0.2, 0) is 28.3 Å². The van der Waals surface area contributed by atoms with Crippen molar-refractivity contribution in [2.24, 2.45) is 0 Å². The van der Waals surface area contributed by atoms with Crippen LogP contribution in [0.1, 0.15) is 30.9 Å². The van der Waals surface area contributed by atoms with Gasteiger partial charge in [0, 0.05) is 20.1 Å². The zero-order valence-corrected chi connectivity index (χ0v) is 18.3. The van der Waals surface area contributed by atoms with Gasteiger partial charge in [0.05, 0.1) is 15.8 Å². The third-order valence-corrected chi connectivity index (χ3v) is 7.00. The summed E-state index contributed by atoms with van der Waals surface area (Å²) >= 11 is 2.04. The number of rotatable bonds is 4. The minimum Gasteiger partial charge on any atom is -0.458 e. The van der Waals surface area contributed by atoms with Gasteiger partial charge in [-0.2, -0.15) is 0 Å². The topological polar surface area (TPSA) is 68.5 Å². The van der Waals surface area contributed by atoms with Crippen LogP contribution in [0.4, 0.5) is 0 Å². The van der Waals surface area contributed by atoms with Crippen LogP contribution in [-0.4, -0.2) is 23.7 Å². The van der Waals surface area contributed by atoms with Gasteiger partial charge in [0.2, 0.25) is 0 Å². The molecule has 0 aromatic carbocycles. The molecule has 1 aromatic heterocycles. The van der Waals surface area contributed by atoms with E-state index in [1.807, 2.05) is 22.6 Å². The lowest BCUT2D eigenvalue weighted by atomic mass is 9.87. The van der Waals surface area contributed by atoms with E-state index in [1.165, 1.54) is 0 Å². The lowest BCUT2D eigenvalue weighted by molar-refractivity contribution is -0.172. The maximum atomic E-state index is 12.8. The maximum Gasteiger partial charge on any atom is 0.343 e. The number of ether oxygens (including phenoxy) is 1. The van der Waals surface area contributed by atoms with Crippen LogP contribution in [0.2, 0.25) is 25.7 Å². The molecule has 1 unspecified atom stereocenters. The number of aromatic nitrogens is 1. The van der Waals surface area contributed by atoms with Gasteiger partial charge < -0.3 is 9.84 Å². The molecule has 0 radical (unpaired) electrons. The molecule has 1 aromatic rings. The van der Waals surface area contributed by atoms with Crippen molar-refractivity contribution in [3.05, 3.63) is 31.2 Å². The number of halogens is 1. The van der Waals surface area contributed by atoms with Crippen molar-refractivity contribution < 1.29 is 14.6 Å². The molecule has 1 N–H and O–H groups in total. The Balaban J connectivity index is 2.31. The second kappa shape index (κ2) is 7.64. The molecule has 2 heterocycles. The molecule has 0 amide bonds. The number of hydrogen-bond acceptors (Lipinski definition) is 4. The van der Waals surface area contributed by atoms with Gasteiger partial charge in [0.1, 0.15) is 6.61 Å². The molecule has 136 valence electrons. The monoisotopic (exact) mass is 473 g/mol. The van der Waals surface area contributed by atoms with Crippen molar-refractivity contribution in [2.45, 2.75) is 64.2 Å². The average molecular weight is 473 g/mol. The van der Waals surface area contributed by atoms with Gasteiger partial charge in [0.25, 0.3) is 5.56 Å². The summed E-state index contributed by atoms with van der Waals surface area (Å²) < 4.78 is 7.25. The fourth-order valence-corrected chi connectivity index (χ4v) is 4.25. The van der Waals surface area contributed by atoms with Crippen molar-refractivity contribution >= 4 is 36.6 Å². The molecule has 25 heavy (non-hydrogen) atoms. The highest BCUT2D eigenvalue weighted by atomic mass is 127. The van der Waals surface area contributed by atoms with Crippen LogP contribution in [0, 0.1) is 15.5 Å². The number of pyridine rings is 1. The number of carbonyl (C=O) groups excluding carboxylic acids is 1. The summed E-state index contributed by atoms with van der Waals surface area (Å²) in [5, 5.41) is 10.6. The minimum atomic E-state index is -1.74. The molecule has 1 aliphatic rings. The first kappa shape index (κ1) is 20.2. The number of aliphatic hydroxyl groups is 1. The number of cyclic esters (lactones) is 1. The van der Waals surface area contributed by atoms with Gasteiger partial charge in [-0.25, -0.2) is 4.79 Å². The first-order valence-corrected chi connectivity index (χ1v) is 13.2. The molecule has 0 spiro atoms. The third-order valence-electron chi connectivity index (χ3n) is 4.35. The second-order valence-electron chi connectivity index (χ2n) is 7.45. The molecule has 0 aliphatic carbocycles. The first-order chi connectivity index (χ1) is 11.6. The van der Waals surface area contributed by atoms with E-state index in [1.54, 1.807) is 17.6 Å². The van der Waals surface area contributed by atoms with Crippen molar-refractivity contribution in [2.75, 3.05) is 0 Å². The van der Waals surface area contributed by atoms with Crippen molar-refractivity contribution in [1.29, 1.82) is 0 Å². The van der Waals surface area contributed by atoms with Crippen LogP contribution >= 0.6 is 22.6 Å². The van der Waals surface area contributed by atoms with Gasteiger partial charge in [0.15, 0.2) is 5.60 Å². The largest absolute Gasteiger partial charge is 0.458 e. The van der Waals surface area contributed by atoms with Crippen LogP contribution in [0.25, 0.3) is 0 Å². The number of esters is 1. The quantitative estimate of drug-likeness (QED) is 0.240. The van der Waals surface area contributed by atoms with E-state index in [4.69, 9.17) is 4.74 Å². The van der Waals surface area contributed by atoms with Gasteiger partial charge in [-0.15, -0.1) is 5.92 Å². The van der Waals surface area contributed by atoms with Crippen molar-refractivity contribution in [3.63, 3.8) is 0 Å². The van der Waals surface area contributed by atoms with Gasteiger partial charge >= 0.3 is 5.97 Å². The van der Waals surface area contributed by atoms with Crippen molar-refractivity contribution in [3.8, 4) is 11.8 Å². The fourth-order valence-electron chi connectivity index (χ4n) is 2.68. The predicted molar refractivity (Wildman–Crippen MR) is 108 cm³/mol. The lowest BCUT2D eigenvalue weighted by Crippen LogP contribution is -2.44. The molecular weight excluding hydrogens is 449 g/mol. The third kappa shape index (κ3) is 4.35. The summed E-state index contributed by atoms with van der Waals surface area (Å²) in [6, 6.07) is 2.83. The molecule has 0 saturated carbocycles. The van der Waals surface area contributed by atoms with E-state index in [9.17, 15) is 14.7 Å². The Morgan fingerprint density at radius 1 is 1.36 bits per heavy atom. The average Bonchev–Trinajstić information content (AvgIpc) is 2.53. The Hall–Kier alpha value is -1.11. The Morgan fingerprint density at radius 2 is 2.04 bits per heavy atom. The fraction of sp³-hybridized carbons (Fsp3) is 0.556.